The molecule has 0 radical (unpaired) electrons. The first-order valence-corrected chi connectivity index (χ1v) is 7.64. The number of benzene rings is 1. The van der Waals surface area contributed by atoms with Crippen molar-refractivity contribution in [3.05, 3.63) is 28.2 Å². The van der Waals surface area contributed by atoms with E-state index in [1.54, 1.807) is 11.8 Å². The van der Waals surface area contributed by atoms with E-state index in [0.717, 1.165) is 15.7 Å². The Hall–Kier alpha value is -1.36. The van der Waals surface area contributed by atoms with Crippen molar-refractivity contribution in [2.75, 3.05) is 11.5 Å². The Balaban J connectivity index is 2.39. The Kier molecular flexibility index (Phi) is 4.81. The average Bonchev–Trinajstić information content (AvgIpc) is 2.42. The molecule has 1 aliphatic rings. The fourth-order valence-electron chi connectivity index (χ4n) is 2.52. The van der Waals surface area contributed by atoms with Crippen LogP contribution in [0.5, 0.6) is 0 Å². The Morgan fingerprint density at radius 3 is 2.80 bits per heavy atom. The summed E-state index contributed by atoms with van der Waals surface area (Å²) in [6.45, 7) is 3.99. The smallest absolute Gasteiger partial charge is 0.329 e. The van der Waals surface area contributed by atoms with E-state index in [2.05, 4.69) is 15.9 Å². The third-order valence-corrected chi connectivity index (χ3v) is 3.93. The van der Waals surface area contributed by atoms with Crippen LogP contribution in [0.1, 0.15) is 32.3 Å². The summed E-state index contributed by atoms with van der Waals surface area (Å²) in [5, 5.41) is 0. The zero-order valence-corrected chi connectivity index (χ0v) is 13.3. The van der Waals surface area contributed by atoms with E-state index in [0.29, 0.717) is 25.9 Å². The number of hydrogen-bond donors (Lipinski definition) is 0. The maximum atomic E-state index is 12.3. The van der Waals surface area contributed by atoms with Crippen LogP contribution in [0, 0.1) is 0 Å². The van der Waals surface area contributed by atoms with Crippen LogP contribution in [0.15, 0.2) is 22.7 Å². The summed E-state index contributed by atoms with van der Waals surface area (Å²) >= 11 is 3.44. The minimum atomic E-state index is -0.539. The Morgan fingerprint density at radius 1 is 1.40 bits per heavy atom. The highest BCUT2D eigenvalue weighted by atomic mass is 79.9. The van der Waals surface area contributed by atoms with E-state index in [1.807, 2.05) is 25.1 Å². The van der Waals surface area contributed by atoms with Crippen LogP contribution < -0.4 is 4.90 Å². The van der Waals surface area contributed by atoms with Gasteiger partial charge in [-0.2, -0.15) is 0 Å². The SMILES string of the molecule is CCOC(=O)C(CC)N1C(=O)CCc2cc(Br)ccc21. The van der Waals surface area contributed by atoms with Gasteiger partial charge in [0.25, 0.3) is 0 Å². The van der Waals surface area contributed by atoms with E-state index in [-0.39, 0.29) is 11.9 Å². The molecule has 0 fully saturated rings. The fourth-order valence-corrected chi connectivity index (χ4v) is 2.93. The maximum absolute atomic E-state index is 12.3. The third-order valence-electron chi connectivity index (χ3n) is 3.44. The standard InChI is InChI=1S/C15H18BrNO3/c1-3-12(15(19)20-4-2)17-13-7-6-11(16)9-10(13)5-8-14(17)18/h6-7,9,12H,3-5,8H2,1-2H3. The number of rotatable bonds is 4. The van der Waals surface area contributed by atoms with Crippen LogP contribution in [0.25, 0.3) is 0 Å². The van der Waals surface area contributed by atoms with E-state index in [4.69, 9.17) is 4.74 Å². The number of aryl methyl sites for hydroxylation is 1. The fraction of sp³-hybridized carbons (Fsp3) is 0.467. The number of esters is 1. The predicted octanol–water partition coefficient (Wildman–Crippen LogP) is 3.07. The summed E-state index contributed by atoms with van der Waals surface area (Å²) < 4.78 is 6.07. The molecule has 0 bridgehead atoms. The Labute approximate surface area is 127 Å². The number of carbonyl (C=O) groups is 2. The molecule has 108 valence electrons. The highest BCUT2D eigenvalue weighted by Gasteiger charge is 2.34. The van der Waals surface area contributed by atoms with Gasteiger partial charge in [-0.3, -0.25) is 9.69 Å². The minimum Gasteiger partial charge on any atom is -0.464 e. The van der Waals surface area contributed by atoms with Crippen LogP contribution in [-0.2, 0) is 20.7 Å². The molecule has 20 heavy (non-hydrogen) atoms. The molecule has 0 N–H and O–H groups in total. The van der Waals surface area contributed by atoms with Crippen molar-refractivity contribution in [1.29, 1.82) is 0 Å². The lowest BCUT2D eigenvalue weighted by Crippen LogP contribution is -2.48. The van der Waals surface area contributed by atoms with Crippen molar-refractivity contribution in [3.63, 3.8) is 0 Å². The third kappa shape index (κ3) is 2.87. The molecule has 1 atom stereocenters. The van der Waals surface area contributed by atoms with Gasteiger partial charge in [-0.05, 0) is 43.5 Å². The maximum Gasteiger partial charge on any atom is 0.329 e. The number of amides is 1. The quantitative estimate of drug-likeness (QED) is 0.792. The van der Waals surface area contributed by atoms with Gasteiger partial charge in [-0.1, -0.05) is 22.9 Å². The lowest BCUT2D eigenvalue weighted by atomic mass is 9.98. The first kappa shape index (κ1) is 15.0. The predicted molar refractivity (Wildman–Crippen MR) is 80.7 cm³/mol. The first-order chi connectivity index (χ1) is 9.58. The zero-order chi connectivity index (χ0) is 14.7. The van der Waals surface area contributed by atoms with Gasteiger partial charge in [0.2, 0.25) is 5.91 Å². The lowest BCUT2D eigenvalue weighted by molar-refractivity contribution is -0.146. The number of fused-ring (bicyclic) bond motifs is 1. The molecule has 4 nitrogen and oxygen atoms in total. The topological polar surface area (TPSA) is 46.6 Å². The van der Waals surface area contributed by atoms with Gasteiger partial charge in [-0.25, -0.2) is 4.79 Å². The summed E-state index contributed by atoms with van der Waals surface area (Å²) in [7, 11) is 0. The Morgan fingerprint density at radius 2 is 2.15 bits per heavy atom. The van der Waals surface area contributed by atoms with Crippen LogP contribution in [-0.4, -0.2) is 24.5 Å². The molecule has 2 rings (SSSR count). The molecule has 0 aromatic heterocycles. The summed E-state index contributed by atoms with van der Waals surface area (Å²) in [6, 6.07) is 5.25. The molecule has 1 unspecified atom stereocenters. The number of anilines is 1. The second-order valence-electron chi connectivity index (χ2n) is 4.71. The molecule has 1 aromatic rings. The van der Waals surface area contributed by atoms with Gasteiger partial charge in [0, 0.05) is 16.6 Å². The molecule has 1 aromatic carbocycles. The lowest BCUT2D eigenvalue weighted by Gasteiger charge is -2.34. The summed E-state index contributed by atoms with van der Waals surface area (Å²) in [6.07, 6.45) is 1.68. The molecule has 0 aliphatic carbocycles. The van der Waals surface area contributed by atoms with E-state index >= 15 is 0 Å². The second kappa shape index (κ2) is 6.39. The van der Waals surface area contributed by atoms with Gasteiger partial charge in [0.15, 0.2) is 0 Å². The van der Waals surface area contributed by atoms with Crippen molar-refractivity contribution in [3.8, 4) is 0 Å². The highest BCUT2D eigenvalue weighted by Crippen LogP contribution is 2.32. The van der Waals surface area contributed by atoms with Gasteiger partial charge < -0.3 is 4.74 Å². The molecule has 1 heterocycles. The molecule has 0 spiro atoms. The van der Waals surface area contributed by atoms with Crippen molar-refractivity contribution in [2.45, 2.75) is 39.2 Å². The summed E-state index contributed by atoms with van der Waals surface area (Å²) in [5.41, 5.74) is 1.91. The molecular formula is C15H18BrNO3. The van der Waals surface area contributed by atoms with Crippen LogP contribution in [0.2, 0.25) is 0 Å². The van der Waals surface area contributed by atoms with Crippen molar-refractivity contribution in [1.82, 2.24) is 0 Å². The van der Waals surface area contributed by atoms with Crippen molar-refractivity contribution < 1.29 is 14.3 Å². The number of hydrogen-bond acceptors (Lipinski definition) is 3. The number of carbonyl (C=O) groups excluding carboxylic acids is 2. The van der Waals surface area contributed by atoms with E-state index < -0.39 is 6.04 Å². The van der Waals surface area contributed by atoms with Crippen LogP contribution >= 0.6 is 15.9 Å². The number of halogens is 1. The first-order valence-electron chi connectivity index (χ1n) is 6.85. The molecule has 1 amide bonds. The number of nitrogens with zero attached hydrogens (tertiary/aromatic N) is 1. The average molecular weight is 340 g/mol. The minimum absolute atomic E-state index is 0.0141. The van der Waals surface area contributed by atoms with E-state index in [9.17, 15) is 9.59 Å². The van der Waals surface area contributed by atoms with Gasteiger partial charge in [-0.15, -0.1) is 0 Å². The van der Waals surface area contributed by atoms with Gasteiger partial charge in [0.1, 0.15) is 6.04 Å². The van der Waals surface area contributed by atoms with E-state index in [1.165, 1.54) is 0 Å². The largest absolute Gasteiger partial charge is 0.464 e. The zero-order valence-electron chi connectivity index (χ0n) is 11.7. The Bertz CT molecular complexity index is 530. The normalized spacial score (nSPS) is 15.8. The summed E-state index contributed by atoms with van der Waals surface area (Å²) in [5.74, 6) is -0.348. The van der Waals surface area contributed by atoms with Crippen LogP contribution in [0.3, 0.4) is 0 Å². The molecule has 5 heteroatoms. The molecule has 0 saturated carbocycles. The monoisotopic (exact) mass is 339 g/mol. The second-order valence-corrected chi connectivity index (χ2v) is 5.63. The molecular weight excluding hydrogens is 322 g/mol. The molecule has 1 aliphatic heterocycles. The number of ether oxygens (including phenoxy) is 1. The van der Waals surface area contributed by atoms with Crippen molar-refractivity contribution >= 4 is 33.5 Å². The molecule has 0 saturated heterocycles. The highest BCUT2D eigenvalue weighted by molar-refractivity contribution is 9.10. The van der Waals surface area contributed by atoms with Crippen LogP contribution in [0.4, 0.5) is 5.69 Å². The summed E-state index contributed by atoms with van der Waals surface area (Å²) in [4.78, 5) is 25.9. The van der Waals surface area contributed by atoms with Gasteiger partial charge in [0.05, 0.1) is 6.61 Å². The van der Waals surface area contributed by atoms with Gasteiger partial charge >= 0.3 is 5.97 Å². The van der Waals surface area contributed by atoms with Crippen molar-refractivity contribution in [2.24, 2.45) is 0 Å².